The van der Waals surface area contributed by atoms with E-state index in [0.29, 0.717) is 0 Å². The highest BCUT2D eigenvalue weighted by Crippen LogP contribution is 2.39. The molecule has 0 bridgehead atoms. The molecule has 0 atom stereocenters. The second kappa shape index (κ2) is 6.30. The van der Waals surface area contributed by atoms with E-state index in [-0.39, 0.29) is 18.3 Å². The molecular formula is C20H21BN2O2S. The zero-order chi connectivity index (χ0) is 18.4. The predicted octanol–water partition coefficient (Wildman–Crippen LogP) is 4.17. The third kappa shape index (κ3) is 2.98. The van der Waals surface area contributed by atoms with Crippen LogP contribution in [0.15, 0.2) is 54.9 Å². The van der Waals surface area contributed by atoms with Gasteiger partial charge in [-0.15, -0.1) is 11.3 Å². The Labute approximate surface area is 158 Å². The van der Waals surface area contributed by atoms with E-state index >= 15 is 0 Å². The first-order valence-corrected chi connectivity index (χ1v) is 9.51. The van der Waals surface area contributed by atoms with E-state index in [1.54, 1.807) is 11.3 Å². The molecule has 4 nitrogen and oxygen atoms in total. The molecule has 26 heavy (non-hydrogen) atoms. The molecule has 4 heterocycles. The van der Waals surface area contributed by atoms with Crippen LogP contribution in [0.4, 0.5) is 0 Å². The first kappa shape index (κ1) is 17.4. The summed E-state index contributed by atoms with van der Waals surface area (Å²) in [4.78, 5) is 10.1. The Hall–Kier alpha value is -2.02. The van der Waals surface area contributed by atoms with Crippen LogP contribution in [0.1, 0.15) is 27.7 Å². The van der Waals surface area contributed by atoms with E-state index in [9.17, 15) is 0 Å². The van der Waals surface area contributed by atoms with Gasteiger partial charge in [0, 0.05) is 22.7 Å². The Bertz CT molecular complexity index is 837. The minimum absolute atomic E-state index is 0.363. The van der Waals surface area contributed by atoms with E-state index in [4.69, 9.17) is 9.31 Å². The summed E-state index contributed by atoms with van der Waals surface area (Å²) in [5, 5.41) is 0. The van der Waals surface area contributed by atoms with Crippen LogP contribution in [0.5, 0.6) is 0 Å². The molecule has 1 aliphatic rings. The number of hydrogen-bond donors (Lipinski definition) is 0. The molecule has 1 fully saturated rings. The van der Waals surface area contributed by atoms with Gasteiger partial charge >= 0.3 is 7.12 Å². The van der Waals surface area contributed by atoms with Crippen LogP contribution in [0, 0.1) is 0 Å². The Balaban J connectivity index is 1.80. The van der Waals surface area contributed by atoms with Gasteiger partial charge in [0.1, 0.15) is 0 Å². The Kier molecular flexibility index (Phi) is 4.22. The van der Waals surface area contributed by atoms with E-state index in [0.717, 1.165) is 26.6 Å². The normalized spacial score (nSPS) is 18.2. The molecule has 1 aliphatic heterocycles. The number of nitrogens with zero attached hydrogens (tertiary/aromatic N) is 2. The maximum atomic E-state index is 6.24. The number of aromatic nitrogens is 2. The number of hydrogen-bond acceptors (Lipinski definition) is 5. The molecule has 3 aromatic rings. The van der Waals surface area contributed by atoms with E-state index in [2.05, 4.69) is 43.7 Å². The van der Waals surface area contributed by atoms with Crippen molar-refractivity contribution in [2.24, 2.45) is 0 Å². The number of thiophene rings is 1. The van der Waals surface area contributed by atoms with Gasteiger partial charge in [0.15, 0.2) is 0 Å². The molecule has 0 aliphatic carbocycles. The predicted molar refractivity (Wildman–Crippen MR) is 106 cm³/mol. The molecule has 0 amide bonds. The van der Waals surface area contributed by atoms with Crippen LogP contribution in [0.25, 0.3) is 21.8 Å². The van der Waals surface area contributed by atoms with Crippen molar-refractivity contribution in [3.63, 3.8) is 0 Å². The molecule has 3 aromatic heterocycles. The van der Waals surface area contributed by atoms with Crippen LogP contribution in [0.3, 0.4) is 0 Å². The summed E-state index contributed by atoms with van der Waals surface area (Å²) in [6.45, 7) is 8.28. The van der Waals surface area contributed by atoms with Crippen LogP contribution >= 0.6 is 11.3 Å². The fourth-order valence-electron chi connectivity index (χ4n) is 2.89. The lowest BCUT2D eigenvalue weighted by Crippen LogP contribution is -2.41. The molecule has 0 spiro atoms. The van der Waals surface area contributed by atoms with Crippen LogP contribution in [-0.2, 0) is 9.31 Å². The van der Waals surface area contributed by atoms with E-state index in [1.807, 2.05) is 48.8 Å². The molecule has 1 saturated heterocycles. The SMILES string of the molecule is CC1(C)OB(c2cc(-c3ccccn3)c(-c3ccccn3)s2)OC1(C)C. The summed E-state index contributed by atoms with van der Waals surface area (Å²) in [5.41, 5.74) is 2.18. The summed E-state index contributed by atoms with van der Waals surface area (Å²) in [6, 6.07) is 14.0. The summed E-state index contributed by atoms with van der Waals surface area (Å²) >= 11 is 1.65. The van der Waals surface area contributed by atoms with Crippen LogP contribution in [0.2, 0.25) is 0 Å². The highest BCUT2D eigenvalue weighted by atomic mass is 32.1. The molecule has 6 heteroatoms. The Morgan fingerprint density at radius 3 is 1.96 bits per heavy atom. The monoisotopic (exact) mass is 364 g/mol. The maximum Gasteiger partial charge on any atom is 0.505 e. The number of rotatable bonds is 3. The maximum absolute atomic E-state index is 6.24. The third-order valence-corrected chi connectivity index (χ3v) is 6.25. The first-order valence-electron chi connectivity index (χ1n) is 8.69. The highest BCUT2D eigenvalue weighted by molar-refractivity contribution is 7.25. The second-order valence-corrected chi connectivity index (χ2v) is 8.49. The average Bonchev–Trinajstić information content (AvgIpc) is 3.16. The first-order chi connectivity index (χ1) is 12.4. The van der Waals surface area contributed by atoms with Gasteiger partial charge in [-0.3, -0.25) is 9.97 Å². The fourth-order valence-corrected chi connectivity index (χ4v) is 3.99. The smallest absolute Gasteiger partial charge is 0.399 e. The van der Waals surface area contributed by atoms with Crippen LogP contribution < -0.4 is 4.78 Å². The summed E-state index contributed by atoms with van der Waals surface area (Å²) in [5.74, 6) is 0. The average molecular weight is 364 g/mol. The lowest BCUT2D eigenvalue weighted by Gasteiger charge is -2.32. The van der Waals surface area contributed by atoms with Gasteiger partial charge in [0.25, 0.3) is 0 Å². The molecule has 0 aromatic carbocycles. The van der Waals surface area contributed by atoms with Gasteiger partial charge in [-0.2, -0.15) is 0 Å². The van der Waals surface area contributed by atoms with E-state index < -0.39 is 0 Å². The van der Waals surface area contributed by atoms with Crippen molar-refractivity contribution in [3.05, 3.63) is 54.9 Å². The third-order valence-electron chi connectivity index (χ3n) is 5.08. The standard InChI is InChI=1S/C20H21BN2O2S/c1-19(2)20(3,4)25-21(24-19)17-13-14(15-9-5-7-11-22-15)18(26-17)16-10-6-8-12-23-16/h5-13H,1-4H3. The number of pyridine rings is 2. The largest absolute Gasteiger partial charge is 0.505 e. The fraction of sp³-hybridized carbons (Fsp3) is 0.300. The lowest BCUT2D eigenvalue weighted by molar-refractivity contribution is 0.00578. The Morgan fingerprint density at radius 1 is 0.846 bits per heavy atom. The minimum atomic E-state index is -0.384. The molecule has 4 rings (SSSR count). The van der Waals surface area contributed by atoms with Crippen molar-refractivity contribution < 1.29 is 9.31 Å². The lowest BCUT2D eigenvalue weighted by atomic mass is 9.87. The van der Waals surface area contributed by atoms with E-state index in [1.165, 1.54) is 0 Å². The van der Waals surface area contributed by atoms with Gasteiger partial charge in [-0.05, 0) is 58.0 Å². The van der Waals surface area contributed by atoms with Crippen molar-refractivity contribution in [2.75, 3.05) is 0 Å². The van der Waals surface area contributed by atoms with Crippen LogP contribution in [-0.4, -0.2) is 28.3 Å². The molecule has 0 saturated carbocycles. The van der Waals surface area contributed by atoms with Crippen molar-refractivity contribution in [1.29, 1.82) is 0 Å². The summed E-state index contributed by atoms with van der Waals surface area (Å²) < 4.78 is 13.5. The van der Waals surface area contributed by atoms with Gasteiger partial charge in [-0.1, -0.05) is 12.1 Å². The molecule has 0 unspecified atom stereocenters. The summed E-state index contributed by atoms with van der Waals surface area (Å²) in [6.07, 6.45) is 3.62. The topological polar surface area (TPSA) is 44.2 Å². The molecule has 0 N–H and O–H groups in total. The minimum Gasteiger partial charge on any atom is -0.399 e. The van der Waals surface area contributed by atoms with Crippen molar-refractivity contribution >= 4 is 23.2 Å². The zero-order valence-electron chi connectivity index (χ0n) is 15.4. The molecule has 132 valence electrons. The summed E-state index contributed by atoms with van der Waals surface area (Å²) in [7, 11) is -0.384. The van der Waals surface area contributed by atoms with Gasteiger partial charge in [-0.25, -0.2) is 0 Å². The Morgan fingerprint density at radius 2 is 1.42 bits per heavy atom. The molecule has 0 radical (unpaired) electrons. The van der Waals surface area contributed by atoms with Crippen molar-refractivity contribution in [1.82, 2.24) is 9.97 Å². The quantitative estimate of drug-likeness (QED) is 0.655. The van der Waals surface area contributed by atoms with Crippen molar-refractivity contribution in [2.45, 2.75) is 38.9 Å². The molecular weight excluding hydrogens is 343 g/mol. The zero-order valence-corrected chi connectivity index (χ0v) is 16.2. The second-order valence-electron chi connectivity index (χ2n) is 7.41. The van der Waals surface area contributed by atoms with Gasteiger partial charge in [0.2, 0.25) is 0 Å². The van der Waals surface area contributed by atoms with Gasteiger partial charge in [0.05, 0.1) is 27.5 Å². The van der Waals surface area contributed by atoms with Gasteiger partial charge < -0.3 is 9.31 Å². The van der Waals surface area contributed by atoms with Crippen molar-refractivity contribution in [3.8, 4) is 21.8 Å². The highest BCUT2D eigenvalue weighted by Gasteiger charge is 2.52.